The van der Waals surface area contributed by atoms with Crippen LogP contribution in [0.4, 0.5) is 5.88 Å². The van der Waals surface area contributed by atoms with Crippen LogP contribution in [0, 0.1) is 16.0 Å². The van der Waals surface area contributed by atoms with Gasteiger partial charge < -0.3 is 9.32 Å². The van der Waals surface area contributed by atoms with E-state index in [9.17, 15) is 14.9 Å². The summed E-state index contributed by atoms with van der Waals surface area (Å²) in [4.78, 5) is 26.5. The Morgan fingerprint density at radius 2 is 2.18 bits per heavy atom. The standard InChI is InChI=1S/C15H23N3O4/c1-3-17(4-2)15(19)12-6-5-9-16(10-12)11-13-7-8-14(22-13)18(20)21/h7-8,12H,3-6,9-11H2,1-2H3. The Morgan fingerprint density at radius 3 is 2.77 bits per heavy atom. The van der Waals surface area contributed by atoms with E-state index in [1.54, 1.807) is 6.07 Å². The largest absolute Gasteiger partial charge is 0.433 e. The molecule has 0 N–H and O–H groups in total. The number of likely N-dealkylation sites (tertiary alicyclic amines) is 1. The molecule has 1 aliphatic heterocycles. The number of nitro groups is 1. The highest BCUT2D eigenvalue weighted by Gasteiger charge is 2.28. The summed E-state index contributed by atoms with van der Waals surface area (Å²) in [6.07, 6.45) is 1.87. The molecule has 0 aromatic carbocycles. The summed E-state index contributed by atoms with van der Waals surface area (Å²) in [5.41, 5.74) is 0. The van der Waals surface area contributed by atoms with Gasteiger partial charge in [0.1, 0.15) is 10.7 Å². The highest BCUT2D eigenvalue weighted by Crippen LogP contribution is 2.23. The van der Waals surface area contributed by atoms with E-state index in [4.69, 9.17) is 4.42 Å². The fourth-order valence-corrected chi connectivity index (χ4v) is 2.96. The normalized spacial score (nSPS) is 19.1. The van der Waals surface area contributed by atoms with Crippen LogP contribution in [-0.2, 0) is 11.3 Å². The Kier molecular flexibility index (Phi) is 5.54. The van der Waals surface area contributed by atoms with Crippen molar-refractivity contribution in [3.05, 3.63) is 28.0 Å². The fraction of sp³-hybridized carbons (Fsp3) is 0.667. The maximum Gasteiger partial charge on any atom is 0.433 e. The summed E-state index contributed by atoms with van der Waals surface area (Å²) in [6.45, 7) is 7.52. The number of nitrogens with zero attached hydrogens (tertiary/aromatic N) is 3. The molecular formula is C15H23N3O4. The zero-order valence-corrected chi connectivity index (χ0v) is 13.2. The molecule has 1 unspecified atom stereocenters. The van der Waals surface area contributed by atoms with E-state index in [0.29, 0.717) is 18.8 Å². The number of furan rings is 1. The topological polar surface area (TPSA) is 79.8 Å². The van der Waals surface area contributed by atoms with E-state index in [-0.39, 0.29) is 17.7 Å². The summed E-state index contributed by atoms with van der Waals surface area (Å²) < 4.78 is 5.20. The molecule has 0 radical (unpaired) electrons. The Balaban J connectivity index is 1.95. The second-order valence-electron chi connectivity index (χ2n) is 5.58. The Bertz CT molecular complexity index is 525. The minimum Gasteiger partial charge on any atom is -0.404 e. The quantitative estimate of drug-likeness (QED) is 0.595. The molecule has 7 heteroatoms. The predicted molar refractivity (Wildman–Crippen MR) is 81.3 cm³/mol. The lowest BCUT2D eigenvalue weighted by Crippen LogP contribution is -2.44. The summed E-state index contributed by atoms with van der Waals surface area (Å²) in [6, 6.07) is 3.01. The monoisotopic (exact) mass is 309 g/mol. The van der Waals surface area contributed by atoms with Gasteiger partial charge in [0.15, 0.2) is 0 Å². The number of carbonyl (C=O) groups excluding carboxylic acids is 1. The third-order valence-corrected chi connectivity index (χ3v) is 4.14. The highest BCUT2D eigenvalue weighted by atomic mass is 16.6. The Hall–Kier alpha value is -1.89. The predicted octanol–water partition coefficient (Wildman–Crippen LogP) is 2.27. The maximum atomic E-state index is 12.4. The number of hydrogen-bond acceptors (Lipinski definition) is 5. The summed E-state index contributed by atoms with van der Waals surface area (Å²) >= 11 is 0. The number of hydrogen-bond donors (Lipinski definition) is 0. The molecule has 1 fully saturated rings. The van der Waals surface area contributed by atoms with Gasteiger partial charge in [-0.15, -0.1) is 0 Å². The molecule has 122 valence electrons. The van der Waals surface area contributed by atoms with Crippen LogP contribution in [0.15, 0.2) is 16.5 Å². The first kappa shape index (κ1) is 16.5. The first-order valence-electron chi connectivity index (χ1n) is 7.79. The van der Waals surface area contributed by atoms with Crippen LogP contribution in [0.3, 0.4) is 0 Å². The van der Waals surface area contributed by atoms with Gasteiger partial charge >= 0.3 is 5.88 Å². The Morgan fingerprint density at radius 1 is 1.45 bits per heavy atom. The van der Waals surface area contributed by atoms with Gasteiger partial charge in [-0.05, 0) is 39.3 Å². The van der Waals surface area contributed by atoms with Gasteiger partial charge in [0, 0.05) is 19.6 Å². The molecular weight excluding hydrogens is 286 g/mol. The van der Waals surface area contributed by atoms with Gasteiger partial charge in [0.05, 0.1) is 18.5 Å². The smallest absolute Gasteiger partial charge is 0.404 e. The minimum absolute atomic E-state index is 0.0126. The van der Waals surface area contributed by atoms with Crippen molar-refractivity contribution in [3.63, 3.8) is 0 Å². The van der Waals surface area contributed by atoms with Crippen molar-refractivity contribution in [2.24, 2.45) is 5.92 Å². The summed E-state index contributed by atoms with van der Waals surface area (Å²) in [7, 11) is 0. The zero-order valence-electron chi connectivity index (χ0n) is 13.2. The average molecular weight is 309 g/mol. The summed E-state index contributed by atoms with van der Waals surface area (Å²) in [5, 5.41) is 10.6. The van der Waals surface area contributed by atoms with Crippen LogP contribution < -0.4 is 0 Å². The van der Waals surface area contributed by atoms with Gasteiger partial charge in [0.25, 0.3) is 0 Å². The van der Waals surface area contributed by atoms with Crippen molar-refractivity contribution in [3.8, 4) is 0 Å². The number of carbonyl (C=O) groups is 1. The molecule has 2 rings (SSSR count). The molecule has 1 aromatic heterocycles. The van der Waals surface area contributed by atoms with Crippen LogP contribution in [0.25, 0.3) is 0 Å². The van der Waals surface area contributed by atoms with E-state index < -0.39 is 4.92 Å². The zero-order chi connectivity index (χ0) is 16.1. The molecule has 0 spiro atoms. The molecule has 1 aromatic rings. The lowest BCUT2D eigenvalue weighted by atomic mass is 9.96. The van der Waals surface area contributed by atoms with Gasteiger partial charge in [-0.3, -0.25) is 19.8 Å². The van der Waals surface area contributed by atoms with E-state index in [1.807, 2.05) is 18.7 Å². The van der Waals surface area contributed by atoms with Crippen LogP contribution in [0.1, 0.15) is 32.4 Å². The second kappa shape index (κ2) is 7.40. The van der Waals surface area contributed by atoms with Gasteiger partial charge in [-0.25, -0.2) is 0 Å². The third kappa shape index (κ3) is 3.85. The number of piperidine rings is 1. The SMILES string of the molecule is CCN(CC)C(=O)C1CCCN(Cc2ccc([N+](=O)[O-])o2)C1. The van der Waals surface area contributed by atoms with Crippen molar-refractivity contribution in [2.75, 3.05) is 26.2 Å². The number of amides is 1. The van der Waals surface area contributed by atoms with Crippen molar-refractivity contribution < 1.29 is 14.1 Å². The van der Waals surface area contributed by atoms with Crippen LogP contribution in [-0.4, -0.2) is 46.8 Å². The molecule has 1 aliphatic rings. The molecule has 2 heterocycles. The van der Waals surface area contributed by atoms with Crippen LogP contribution in [0.2, 0.25) is 0 Å². The van der Waals surface area contributed by atoms with Crippen LogP contribution in [0.5, 0.6) is 0 Å². The van der Waals surface area contributed by atoms with E-state index in [0.717, 1.165) is 32.5 Å². The van der Waals surface area contributed by atoms with E-state index in [1.165, 1.54) is 6.07 Å². The first-order valence-corrected chi connectivity index (χ1v) is 7.79. The molecule has 7 nitrogen and oxygen atoms in total. The molecule has 1 amide bonds. The average Bonchev–Trinajstić information content (AvgIpc) is 2.97. The van der Waals surface area contributed by atoms with Gasteiger partial charge in [0.2, 0.25) is 5.91 Å². The highest BCUT2D eigenvalue weighted by molar-refractivity contribution is 5.79. The minimum atomic E-state index is -0.535. The van der Waals surface area contributed by atoms with Crippen molar-refractivity contribution in [2.45, 2.75) is 33.2 Å². The maximum absolute atomic E-state index is 12.4. The van der Waals surface area contributed by atoms with E-state index >= 15 is 0 Å². The van der Waals surface area contributed by atoms with Gasteiger partial charge in [-0.2, -0.15) is 0 Å². The van der Waals surface area contributed by atoms with Crippen LogP contribution >= 0.6 is 0 Å². The lowest BCUT2D eigenvalue weighted by molar-refractivity contribution is -0.402. The van der Waals surface area contributed by atoms with Crippen molar-refractivity contribution >= 4 is 11.8 Å². The molecule has 0 saturated carbocycles. The first-order chi connectivity index (χ1) is 10.5. The van der Waals surface area contributed by atoms with E-state index in [2.05, 4.69) is 4.90 Å². The molecule has 1 atom stereocenters. The molecule has 22 heavy (non-hydrogen) atoms. The molecule has 0 aliphatic carbocycles. The van der Waals surface area contributed by atoms with Gasteiger partial charge in [-0.1, -0.05) is 0 Å². The molecule has 1 saturated heterocycles. The third-order valence-electron chi connectivity index (χ3n) is 4.14. The fourth-order valence-electron chi connectivity index (χ4n) is 2.96. The van der Waals surface area contributed by atoms with Crippen molar-refractivity contribution in [1.29, 1.82) is 0 Å². The Labute approximate surface area is 130 Å². The van der Waals surface area contributed by atoms with Crippen molar-refractivity contribution in [1.82, 2.24) is 9.80 Å². The summed E-state index contributed by atoms with van der Waals surface area (Å²) in [5.74, 6) is 0.559. The lowest BCUT2D eigenvalue weighted by Gasteiger charge is -2.34. The molecule has 0 bridgehead atoms. The number of rotatable bonds is 6. The second-order valence-corrected chi connectivity index (χ2v) is 5.58.